The lowest BCUT2D eigenvalue weighted by Crippen LogP contribution is -2.23. The number of nitrogens with zero attached hydrogens (tertiary/aromatic N) is 3. The van der Waals surface area contributed by atoms with Gasteiger partial charge in [-0.2, -0.15) is 0 Å². The van der Waals surface area contributed by atoms with Gasteiger partial charge in [-0.25, -0.2) is 0 Å². The summed E-state index contributed by atoms with van der Waals surface area (Å²) in [5, 5.41) is 13.9. The Morgan fingerprint density at radius 2 is 1.81 bits per heavy atom. The molecule has 0 aliphatic carbocycles. The lowest BCUT2D eigenvalue weighted by molar-refractivity contribution is -0.115. The van der Waals surface area contributed by atoms with Gasteiger partial charge in [0.05, 0.1) is 16.7 Å². The SMILES string of the molecule is CC(Sc1nnc(-c2cccs2)n1Cc1ccccc1)C(=O)Nc1ccc(C(N)=O)cc1. The van der Waals surface area contributed by atoms with Crippen LogP contribution in [0.25, 0.3) is 10.7 Å². The summed E-state index contributed by atoms with van der Waals surface area (Å²) in [7, 11) is 0. The van der Waals surface area contributed by atoms with E-state index in [1.807, 2.05) is 47.2 Å². The molecule has 0 radical (unpaired) electrons. The maximum atomic E-state index is 12.8. The van der Waals surface area contributed by atoms with Gasteiger partial charge in [-0.1, -0.05) is 48.2 Å². The first-order chi connectivity index (χ1) is 15.5. The lowest BCUT2D eigenvalue weighted by Gasteiger charge is -2.14. The lowest BCUT2D eigenvalue weighted by atomic mass is 10.2. The number of benzene rings is 2. The van der Waals surface area contributed by atoms with Crippen LogP contribution in [0, 0.1) is 0 Å². The first kappa shape index (κ1) is 21.8. The normalized spacial score (nSPS) is 11.8. The fourth-order valence-electron chi connectivity index (χ4n) is 3.05. The molecule has 0 bridgehead atoms. The minimum Gasteiger partial charge on any atom is -0.366 e. The molecule has 3 N–H and O–H groups in total. The van der Waals surface area contributed by atoms with E-state index in [4.69, 9.17) is 5.73 Å². The van der Waals surface area contributed by atoms with Gasteiger partial charge in [-0.3, -0.25) is 14.2 Å². The predicted octanol–water partition coefficient (Wildman–Crippen LogP) is 4.27. The van der Waals surface area contributed by atoms with Crippen molar-refractivity contribution in [3.8, 4) is 10.7 Å². The zero-order valence-corrected chi connectivity index (χ0v) is 18.9. The van der Waals surface area contributed by atoms with Crippen molar-refractivity contribution >= 4 is 40.6 Å². The van der Waals surface area contributed by atoms with E-state index in [-0.39, 0.29) is 5.91 Å². The second kappa shape index (κ2) is 9.80. The third-order valence-electron chi connectivity index (χ3n) is 4.73. The molecular formula is C23H21N5O2S2. The molecule has 0 fully saturated rings. The zero-order chi connectivity index (χ0) is 22.5. The van der Waals surface area contributed by atoms with E-state index in [0.717, 1.165) is 16.3 Å². The van der Waals surface area contributed by atoms with Gasteiger partial charge in [0.1, 0.15) is 0 Å². The Balaban J connectivity index is 1.52. The van der Waals surface area contributed by atoms with Crippen LogP contribution in [0.3, 0.4) is 0 Å². The number of hydrogen-bond acceptors (Lipinski definition) is 6. The monoisotopic (exact) mass is 463 g/mol. The number of nitrogens with two attached hydrogens (primary N) is 1. The molecule has 2 aromatic carbocycles. The van der Waals surface area contributed by atoms with Crippen LogP contribution in [0.2, 0.25) is 0 Å². The highest BCUT2D eigenvalue weighted by molar-refractivity contribution is 8.00. The van der Waals surface area contributed by atoms with Gasteiger partial charge in [0.15, 0.2) is 11.0 Å². The number of thiophene rings is 1. The number of thioether (sulfide) groups is 1. The van der Waals surface area contributed by atoms with Crippen LogP contribution >= 0.6 is 23.1 Å². The molecule has 32 heavy (non-hydrogen) atoms. The average molecular weight is 464 g/mol. The Hall–Kier alpha value is -3.43. The second-order valence-corrected chi connectivity index (χ2v) is 9.30. The van der Waals surface area contributed by atoms with Crippen LogP contribution in [0.15, 0.2) is 77.3 Å². The maximum Gasteiger partial charge on any atom is 0.248 e. The Morgan fingerprint density at radius 1 is 1.06 bits per heavy atom. The molecule has 4 aromatic rings. The number of hydrogen-bond donors (Lipinski definition) is 2. The van der Waals surface area contributed by atoms with Crippen molar-refractivity contribution in [1.82, 2.24) is 14.8 Å². The molecule has 0 spiro atoms. The molecular weight excluding hydrogens is 442 g/mol. The Labute approximate surface area is 193 Å². The van der Waals surface area contributed by atoms with E-state index in [1.165, 1.54) is 11.8 Å². The molecule has 2 aromatic heterocycles. The molecule has 4 rings (SSSR count). The summed E-state index contributed by atoms with van der Waals surface area (Å²) < 4.78 is 2.04. The van der Waals surface area contributed by atoms with Crippen molar-refractivity contribution < 1.29 is 9.59 Å². The summed E-state index contributed by atoms with van der Waals surface area (Å²) in [6.45, 7) is 2.43. The molecule has 2 amide bonds. The summed E-state index contributed by atoms with van der Waals surface area (Å²) in [4.78, 5) is 25.0. The van der Waals surface area contributed by atoms with Crippen LogP contribution in [-0.2, 0) is 11.3 Å². The van der Waals surface area contributed by atoms with Crippen molar-refractivity contribution in [2.45, 2.75) is 23.9 Å². The van der Waals surface area contributed by atoms with E-state index >= 15 is 0 Å². The molecule has 2 heterocycles. The maximum absolute atomic E-state index is 12.8. The summed E-state index contributed by atoms with van der Waals surface area (Å²) in [5.41, 5.74) is 7.37. The third kappa shape index (κ3) is 5.06. The van der Waals surface area contributed by atoms with Crippen molar-refractivity contribution in [2.24, 2.45) is 5.73 Å². The van der Waals surface area contributed by atoms with Gasteiger partial charge >= 0.3 is 0 Å². The minimum absolute atomic E-state index is 0.172. The van der Waals surface area contributed by atoms with Gasteiger partial charge in [0.2, 0.25) is 11.8 Å². The van der Waals surface area contributed by atoms with Gasteiger partial charge in [-0.05, 0) is 48.2 Å². The van der Waals surface area contributed by atoms with Crippen molar-refractivity contribution in [3.63, 3.8) is 0 Å². The second-order valence-electron chi connectivity index (χ2n) is 7.05. The van der Waals surface area contributed by atoms with Crippen LogP contribution in [0.5, 0.6) is 0 Å². The molecule has 7 nitrogen and oxygen atoms in total. The average Bonchev–Trinajstić information content (AvgIpc) is 3.45. The van der Waals surface area contributed by atoms with E-state index in [9.17, 15) is 9.59 Å². The van der Waals surface area contributed by atoms with E-state index in [1.54, 1.807) is 35.6 Å². The zero-order valence-electron chi connectivity index (χ0n) is 17.3. The number of nitrogens with one attached hydrogen (secondary N) is 1. The highest BCUT2D eigenvalue weighted by atomic mass is 32.2. The fraction of sp³-hybridized carbons (Fsp3) is 0.130. The summed E-state index contributed by atoms with van der Waals surface area (Å²) in [5.74, 6) is 0.0980. The smallest absolute Gasteiger partial charge is 0.248 e. The van der Waals surface area contributed by atoms with Gasteiger partial charge in [0.25, 0.3) is 0 Å². The predicted molar refractivity (Wildman–Crippen MR) is 128 cm³/mol. The fourth-order valence-corrected chi connectivity index (χ4v) is 4.61. The Kier molecular flexibility index (Phi) is 6.67. The van der Waals surface area contributed by atoms with Crippen molar-refractivity contribution in [2.75, 3.05) is 5.32 Å². The number of primary amides is 1. The molecule has 0 aliphatic heterocycles. The highest BCUT2D eigenvalue weighted by Crippen LogP contribution is 2.30. The number of amides is 2. The molecule has 0 aliphatic rings. The van der Waals surface area contributed by atoms with Crippen LogP contribution < -0.4 is 11.1 Å². The number of carbonyl (C=O) groups excluding carboxylic acids is 2. The van der Waals surface area contributed by atoms with Crippen LogP contribution in [0.1, 0.15) is 22.8 Å². The number of rotatable bonds is 8. The van der Waals surface area contributed by atoms with Gasteiger partial charge in [0, 0.05) is 11.3 Å². The number of aromatic nitrogens is 3. The Bertz CT molecular complexity index is 1210. The van der Waals surface area contributed by atoms with Gasteiger partial charge < -0.3 is 11.1 Å². The molecule has 162 valence electrons. The molecule has 1 unspecified atom stereocenters. The largest absolute Gasteiger partial charge is 0.366 e. The minimum atomic E-state index is -0.508. The standard InChI is InChI=1S/C23H21N5O2S2/c1-15(22(30)25-18-11-9-17(10-12-18)20(24)29)32-23-27-26-21(19-8-5-13-31-19)28(23)14-16-6-3-2-4-7-16/h2-13,15H,14H2,1H3,(H2,24,29)(H,25,30). The quantitative estimate of drug-likeness (QED) is 0.380. The van der Waals surface area contributed by atoms with Crippen LogP contribution in [0.4, 0.5) is 5.69 Å². The summed E-state index contributed by atoms with van der Waals surface area (Å²) in [6.07, 6.45) is 0. The van der Waals surface area contributed by atoms with Crippen molar-refractivity contribution in [3.05, 3.63) is 83.2 Å². The van der Waals surface area contributed by atoms with Crippen molar-refractivity contribution in [1.29, 1.82) is 0 Å². The van der Waals surface area contributed by atoms with E-state index in [0.29, 0.717) is 23.0 Å². The first-order valence-electron chi connectivity index (χ1n) is 9.89. The first-order valence-corrected chi connectivity index (χ1v) is 11.7. The Morgan fingerprint density at radius 3 is 2.47 bits per heavy atom. The van der Waals surface area contributed by atoms with Crippen LogP contribution in [-0.4, -0.2) is 31.8 Å². The molecule has 0 saturated carbocycles. The van der Waals surface area contributed by atoms with E-state index < -0.39 is 11.2 Å². The topological polar surface area (TPSA) is 103 Å². The summed E-state index contributed by atoms with van der Waals surface area (Å²) in [6, 6.07) is 20.5. The van der Waals surface area contributed by atoms with Gasteiger partial charge in [-0.15, -0.1) is 21.5 Å². The summed E-state index contributed by atoms with van der Waals surface area (Å²) >= 11 is 2.95. The highest BCUT2D eigenvalue weighted by Gasteiger charge is 2.21. The molecule has 1 atom stereocenters. The number of carbonyl (C=O) groups is 2. The molecule has 9 heteroatoms. The number of anilines is 1. The van der Waals surface area contributed by atoms with E-state index in [2.05, 4.69) is 27.6 Å². The third-order valence-corrected chi connectivity index (χ3v) is 6.68. The molecule has 0 saturated heterocycles.